The summed E-state index contributed by atoms with van der Waals surface area (Å²) < 4.78 is 9.35. The van der Waals surface area contributed by atoms with E-state index in [1.165, 1.54) is 26.4 Å². The molecule has 0 atom stereocenters. The number of aromatic hydroxyl groups is 1. The highest BCUT2D eigenvalue weighted by Gasteiger charge is 2.16. The summed E-state index contributed by atoms with van der Waals surface area (Å²) in [6.07, 6.45) is 0. The highest BCUT2D eigenvalue weighted by Crippen LogP contribution is 2.35. The molecule has 84 valence electrons. The van der Waals surface area contributed by atoms with Crippen LogP contribution >= 0.6 is 0 Å². The molecule has 1 N–H and O–H groups in total. The lowest BCUT2D eigenvalue weighted by atomic mass is 10.1. The summed E-state index contributed by atoms with van der Waals surface area (Å²) in [5, 5.41) is 12.9. The van der Waals surface area contributed by atoms with Crippen molar-refractivity contribution in [1.29, 1.82) is 0 Å². The maximum Gasteiger partial charge on any atom is 0.341 e. The Morgan fingerprint density at radius 2 is 2.19 bits per heavy atom. The SMILES string of the molecule is COC(=O)c1cc(OC)cc(N=[N+]=[N-])c1O. The molecule has 16 heavy (non-hydrogen) atoms. The molecule has 0 saturated carbocycles. The van der Waals surface area contributed by atoms with Crippen LogP contribution in [-0.4, -0.2) is 25.3 Å². The number of hydrogen-bond acceptors (Lipinski definition) is 5. The smallest absolute Gasteiger partial charge is 0.341 e. The van der Waals surface area contributed by atoms with Crippen molar-refractivity contribution >= 4 is 11.7 Å². The zero-order valence-corrected chi connectivity index (χ0v) is 8.67. The summed E-state index contributed by atoms with van der Waals surface area (Å²) in [5.74, 6) is -0.906. The van der Waals surface area contributed by atoms with Gasteiger partial charge in [0.1, 0.15) is 17.1 Å². The zero-order chi connectivity index (χ0) is 12.1. The third kappa shape index (κ3) is 2.15. The Morgan fingerprint density at radius 3 is 2.69 bits per heavy atom. The molecule has 0 aliphatic rings. The number of hydrogen-bond donors (Lipinski definition) is 1. The van der Waals surface area contributed by atoms with Gasteiger partial charge in [-0.25, -0.2) is 4.79 Å². The molecule has 0 aromatic heterocycles. The van der Waals surface area contributed by atoms with Gasteiger partial charge in [-0.1, -0.05) is 5.11 Å². The first kappa shape index (κ1) is 11.7. The molecule has 0 aliphatic heterocycles. The number of azide groups is 1. The van der Waals surface area contributed by atoms with Gasteiger partial charge in [0.25, 0.3) is 0 Å². The van der Waals surface area contributed by atoms with E-state index in [0.717, 1.165) is 0 Å². The molecule has 0 aliphatic carbocycles. The molecule has 0 bridgehead atoms. The maximum atomic E-state index is 11.3. The van der Waals surface area contributed by atoms with Crippen LogP contribution in [-0.2, 0) is 4.74 Å². The van der Waals surface area contributed by atoms with Crippen LogP contribution in [0.5, 0.6) is 11.5 Å². The van der Waals surface area contributed by atoms with Gasteiger partial charge in [0, 0.05) is 4.91 Å². The molecule has 0 amide bonds. The Labute approximate surface area is 90.8 Å². The second kappa shape index (κ2) is 4.90. The summed E-state index contributed by atoms with van der Waals surface area (Å²) in [6.45, 7) is 0. The standard InChI is InChI=1S/C9H9N3O4/c1-15-5-3-6(9(14)16-2)8(13)7(4-5)11-12-10/h3-4,13H,1-2H3. The fourth-order valence-electron chi connectivity index (χ4n) is 1.10. The van der Waals surface area contributed by atoms with Crippen LogP contribution in [0, 0.1) is 0 Å². The molecule has 0 spiro atoms. The van der Waals surface area contributed by atoms with E-state index in [0.29, 0.717) is 0 Å². The number of esters is 1. The number of carbonyl (C=O) groups excluding carboxylic acids is 1. The van der Waals surface area contributed by atoms with Crippen molar-refractivity contribution in [3.8, 4) is 11.5 Å². The van der Waals surface area contributed by atoms with E-state index in [9.17, 15) is 9.90 Å². The molecule has 1 aromatic carbocycles. The highest BCUT2D eigenvalue weighted by molar-refractivity contribution is 5.94. The average molecular weight is 223 g/mol. The number of benzene rings is 1. The molecule has 1 rings (SSSR count). The largest absolute Gasteiger partial charge is 0.507 e. The molecular weight excluding hydrogens is 214 g/mol. The van der Waals surface area contributed by atoms with Gasteiger partial charge in [-0.05, 0) is 17.7 Å². The minimum Gasteiger partial charge on any atom is -0.507 e. The van der Waals surface area contributed by atoms with Crippen LogP contribution in [0.25, 0.3) is 10.4 Å². The Hall–Kier alpha value is -2.40. The second-order valence-corrected chi connectivity index (χ2v) is 2.72. The predicted molar refractivity (Wildman–Crippen MR) is 54.8 cm³/mol. The van der Waals surface area contributed by atoms with E-state index in [2.05, 4.69) is 14.8 Å². The van der Waals surface area contributed by atoms with Crippen molar-refractivity contribution in [2.75, 3.05) is 14.2 Å². The zero-order valence-electron chi connectivity index (χ0n) is 8.67. The van der Waals surface area contributed by atoms with Gasteiger partial charge in [-0.2, -0.15) is 0 Å². The van der Waals surface area contributed by atoms with Crippen LogP contribution in [0.15, 0.2) is 17.2 Å². The molecule has 0 saturated heterocycles. The highest BCUT2D eigenvalue weighted by atomic mass is 16.5. The van der Waals surface area contributed by atoms with Crippen molar-refractivity contribution in [3.63, 3.8) is 0 Å². The summed E-state index contributed by atoms with van der Waals surface area (Å²) in [6, 6.07) is 2.60. The summed E-state index contributed by atoms with van der Waals surface area (Å²) in [7, 11) is 2.56. The van der Waals surface area contributed by atoms with Crippen LogP contribution < -0.4 is 4.74 Å². The number of ether oxygens (including phenoxy) is 2. The van der Waals surface area contributed by atoms with Gasteiger partial charge < -0.3 is 14.6 Å². The molecular formula is C9H9N3O4. The van der Waals surface area contributed by atoms with E-state index in [1.807, 2.05) is 0 Å². The quantitative estimate of drug-likeness (QED) is 0.366. The van der Waals surface area contributed by atoms with E-state index in [-0.39, 0.29) is 17.0 Å². The van der Waals surface area contributed by atoms with Crippen LogP contribution in [0.4, 0.5) is 5.69 Å². The monoisotopic (exact) mass is 223 g/mol. The van der Waals surface area contributed by atoms with Gasteiger partial charge in [0.05, 0.1) is 19.9 Å². The Kier molecular flexibility index (Phi) is 3.58. The van der Waals surface area contributed by atoms with Gasteiger partial charge in [0.2, 0.25) is 0 Å². The van der Waals surface area contributed by atoms with Crippen molar-refractivity contribution < 1.29 is 19.4 Å². The first-order valence-corrected chi connectivity index (χ1v) is 4.18. The van der Waals surface area contributed by atoms with Crippen molar-refractivity contribution in [1.82, 2.24) is 0 Å². The molecule has 0 fully saturated rings. The summed E-state index contributed by atoms with van der Waals surface area (Å²) in [4.78, 5) is 13.8. The fraction of sp³-hybridized carbons (Fsp3) is 0.222. The third-order valence-electron chi connectivity index (χ3n) is 1.86. The van der Waals surface area contributed by atoms with Gasteiger partial charge in [0.15, 0.2) is 0 Å². The van der Waals surface area contributed by atoms with E-state index in [4.69, 9.17) is 10.3 Å². The predicted octanol–water partition coefficient (Wildman–Crippen LogP) is 2.13. The number of nitrogens with zero attached hydrogens (tertiary/aromatic N) is 3. The first-order valence-electron chi connectivity index (χ1n) is 4.18. The third-order valence-corrected chi connectivity index (χ3v) is 1.86. The Morgan fingerprint density at radius 1 is 1.50 bits per heavy atom. The van der Waals surface area contributed by atoms with Gasteiger partial charge >= 0.3 is 5.97 Å². The van der Waals surface area contributed by atoms with Crippen molar-refractivity contribution in [3.05, 3.63) is 28.1 Å². The number of phenols is 1. The summed E-state index contributed by atoms with van der Waals surface area (Å²) in [5.41, 5.74) is 8.07. The molecule has 7 heteroatoms. The Balaban J connectivity index is 3.42. The maximum absolute atomic E-state index is 11.3. The number of carbonyl (C=O) groups is 1. The Bertz CT molecular complexity index is 466. The number of methoxy groups -OCH3 is 2. The fourth-order valence-corrected chi connectivity index (χ4v) is 1.10. The second-order valence-electron chi connectivity index (χ2n) is 2.72. The van der Waals surface area contributed by atoms with E-state index in [1.54, 1.807) is 0 Å². The van der Waals surface area contributed by atoms with E-state index < -0.39 is 11.7 Å². The molecule has 0 heterocycles. The minimum atomic E-state index is -0.745. The lowest BCUT2D eigenvalue weighted by molar-refractivity contribution is 0.0597. The lowest BCUT2D eigenvalue weighted by Gasteiger charge is -2.07. The van der Waals surface area contributed by atoms with Crippen molar-refractivity contribution in [2.45, 2.75) is 0 Å². The van der Waals surface area contributed by atoms with Crippen LogP contribution in [0.2, 0.25) is 0 Å². The first-order chi connectivity index (χ1) is 7.63. The minimum absolute atomic E-state index is 0.0951. The average Bonchev–Trinajstić information content (AvgIpc) is 2.31. The van der Waals surface area contributed by atoms with Gasteiger partial charge in [-0.15, -0.1) is 0 Å². The molecule has 1 aromatic rings. The van der Waals surface area contributed by atoms with Crippen LogP contribution in [0.3, 0.4) is 0 Å². The van der Waals surface area contributed by atoms with Crippen molar-refractivity contribution in [2.24, 2.45) is 5.11 Å². The molecule has 7 nitrogen and oxygen atoms in total. The number of phenolic OH excluding ortho intramolecular Hbond substituents is 1. The van der Waals surface area contributed by atoms with E-state index >= 15 is 0 Å². The molecule has 0 unspecified atom stereocenters. The topological polar surface area (TPSA) is 105 Å². The molecule has 0 radical (unpaired) electrons. The van der Waals surface area contributed by atoms with Crippen LogP contribution in [0.1, 0.15) is 10.4 Å². The summed E-state index contributed by atoms with van der Waals surface area (Å²) >= 11 is 0. The number of rotatable bonds is 3. The lowest BCUT2D eigenvalue weighted by Crippen LogP contribution is -2.02. The normalized spacial score (nSPS) is 9.12. The van der Waals surface area contributed by atoms with Gasteiger partial charge in [-0.3, -0.25) is 0 Å².